The summed E-state index contributed by atoms with van der Waals surface area (Å²) in [7, 11) is 1.29. The highest BCUT2D eigenvalue weighted by molar-refractivity contribution is 5.91. The van der Waals surface area contributed by atoms with Crippen molar-refractivity contribution < 1.29 is 33.0 Å². The Labute approximate surface area is 246 Å². The van der Waals surface area contributed by atoms with Crippen LogP contribution in [-0.2, 0) is 25.5 Å². The number of para-hydroxylation sites is 1. The highest BCUT2D eigenvalue weighted by Crippen LogP contribution is 2.45. The molecule has 1 N–H and O–H groups in total. The number of aryl methyl sites for hydroxylation is 2. The SMILES string of the molecule is C=CCCCCC[C@H](NC(=O)OC(C)(C)C)C(=O)N1C[C@@]2(CCc3c(c(C)nc4c(F)cccc34)O2)C[C@H]1C(=O)OC. The molecule has 0 bridgehead atoms. The lowest BCUT2D eigenvalue weighted by Crippen LogP contribution is -2.53. The lowest BCUT2D eigenvalue weighted by molar-refractivity contribution is -0.151. The number of likely N-dealkylation sites (tertiary alicyclic amines) is 1. The van der Waals surface area contributed by atoms with Crippen molar-refractivity contribution in [3.05, 3.63) is 47.9 Å². The third-order valence-corrected chi connectivity index (χ3v) is 7.89. The van der Waals surface area contributed by atoms with Gasteiger partial charge in [0.05, 0.1) is 19.3 Å². The lowest BCUT2D eigenvalue weighted by Gasteiger charge is -2.36. The number of fused-ring (bicyclic) bond motifs is 3. The standard InChI is InChI=1S/C32H42FN3O6/c1-7-8-9-10-11-15-24(35-30(39)42-31(3,4)5)28(37)36-19-32(18-25(36)29(38)40-6)17-16-22-21-13-12-14-23(33)26(21)34-20(2)27(22)41-32/h7,12-14,24-25H,1,8-11,15-19H2,2-6H3,(H,35,39)/t24-,25-,32+/m0/s1. The quantitative estimate of drug-likeness (QED) is 0.234. The molecule has 0 unspecified atom stereocenters. The van der Waals surface area contributed by atoms with Gasteiger partial charge < -0.3 is 24.4 Å². The molecule has 1 aromatic heterocycles. The number of benzene rings is 1. The molecule has 2 aliphatic heterocycles. The molecule has 2 aromatic rings. The third-order valence-electron chi connectivity index (χ3n) is 7.89. The highest BCUT2D eigenvalue weighted by Gasteiger charge is 2.53. The first kappa shape index (κ1) is 31.3. The van der Waals surface area contributed by atoms with Crippen LogP contribution in [0.3, 0.4) is 0 Å². The third kappa shape index (κ3) is 6.85. The molecule has 10 heteroatoms. The lowest BCUT2D eigenvalue weighted by atomic mass is 9.87. The van der Waals surface area contributed by atoms with E-state index in [9.17, 15) is 18.8 Å². The van der Waals surface area contributed by atoms with Gasteiger partial charge in [-0.1, -0.05) is 31.1 Å². The molecule has 0 aliphatic carbocycles. The average Bonchev–Trinajstić information content (AvgIpc) is 3.30. The van der Waals surface area contributed by atoms with Crippen molar-refractivity contribution >= 4 is 28.9 Å². The van der Waals surface area contributed by atoms with Crippen LogP contribution in [0.2, 0.25) is 0 Å². The summed E-state index contributed by atoms with van der Waals surface area (Å²) < 4.78 is 31.7. The van der Waals surface area contributed by atoms with Crippen molar-refractivity contribution in [2.75, 3.05) is 13.7 Å². The second kappa shape index (κ2) is 12.7. The molecule has 9 nitrogen and oxygen atoms in total. The molecule has 42 heavy (non-hydrogen) atoms. The Bertz CT molecular complexity index is 1360. The first-order valence-corrected chi connectivity index (χ1v) is 14.6. The van der Waals surface area contributed by atoms with Gasteiger partial charge in [0.25, 0.3) is 0 Å². The van der Waals surface area contributed by atoms with E-state index in [0.717, 1.165) is 24.8 Å². The predicted molar refractivity (Wildman–Crippen MR) is 157 cm³/mol. The number of esters is 1. The Morgan fingerprint density at radius 2 is 2.05 bits per heavy atom. The Balaban J connectivity index is 1.61. The molecule has 3 atom stereocenters. The van der Waals surface area contributed by atoms with Gasteiger partial charge in [0.15, 0.2) is 0 Å². The van der Waals surface area contributed by atoms with Crippen molar-refractivity contribution in [2.45, 2.75) is 102 Å². The summed E-state index contributed by atoms with van der Waals surface area (Å²) in [5, 5.41) is 3.44. The summed E-state index contributed by atoms with van der Waals surface area (Å²) in [5.74, 6) is -0.772. The van der Waals surface area contributed by atoms with Crippen molar-refractivity contribution in [2.24, 2.45) is 0 Å². The van der Waals surface area contributed by atoms with Crippen molar-refractivity contribution in [3.63, 3.8) is 0 Å². The van der Waals surface area contributed by atoms with Crippen LogP contribution >= 0.6 is 0 Å². The van der Waals surface area contributed by atoms with E-state index in [4.69, 9.17) is 14.2 Å². The number of methoxy groups -OCH3 is 1. The van der Waals surface area contributed by atoms with Crippen LogP contribution in [-0.4, -0.2) is 64.8 Å². The van der Waals surface area contributed by atoms with Crippen molar-refractivity contribution in [3.8, 4) is 5.75 Å². The van der Waals surface area contributed by atoms with Crippen LogP contribution in [0.4, 0.5) is 9.18 Å². The van der Waals surface area contributed by atoms with Crippen LogP contribution in [0.5, 0.6) is 5.75 Å². The number of carbonyl (C=O) groups excluding carboxylic acids is 3. The van der Waals surface area contributed by atoms with E-state index in [-0.39, 0.29) is 18.9 Å². The maximum atomic E-state index is 14.5. The minimum atomic E-state index is -0.892. The van der Waals surface area contributed by atoms with Gasteiger partial charge in [0.2, 0.25) is 5.91 Å². The zero-order chi connectivity index (χ0) is 30.7. The van der Waals surface area contributed by atoms with Crippen LogP contribution < -0.4 is 10.1 Å². The van der Waals surface area contributed by atoms with Crippen molar-refractivity contribution in [1.82, 2.24) is 15.2 Å². The average molecular weight is 584 g/mol. The van der Waals surface area contributed by atoms with E-state index in [1.165, 1.54) is 18.1 Å². The fourth-order valence-electron chi connectivity index (χ4n) is 5.94. The van der Waals surface area contributed by atoms with Gasteiger partial charge in [-0.05, 0) is 65.9 Å². The Morgan fingerprint density at radius 1 is 1.29 bits per heavy atom. The monoisotopic (exact) mass is 583 g/mol. The Kier molecular flexibility index (Phi) is 9.43. The number of unbranched alkanes of at least 4 members (excludes halogenated alkanes) is 3. The highest BCUT2D eigenvalue weighted by atomic mass is 19.1. The van der Waals surface area contributed by atoms with E-state index >= 15 is 0 Å². The molecule has 0 radical (unpaired) electrons. The minimum absolute atomic E-state index is 0.134. The number of hydrogen-bond donors (Lipinski definition) is 1. The largest absolute Gasteiger partial charge is 0.483 e. The number of aromatic nitrogens is 1. The molecule has 0 saturated carbocycles. The second-order valence-electron chi connectivity index (χ2n) is 12.3. The molecule has 1 spiro atoms. The molecular weight excluding hydrogens is 541 g/mol. The fourth-order valence-corrected chi connectivity index (χ4v) is 5.94. The van der Waals surface area contributed by atoms with Crippen LogP contribution in [0.25, 0.3) is 10.9 Å². The number of amides is 2. The molecule has 4 rings (SSSR count). The Morgan fingerprint density at radius 3 is 2.74 bits per heavy atom. The molecule has 3 heterocycles. The van der Waals surface area contributed by atoms with E-state index in [1.807, 2.05) is 12.1 Å². The van der Waals surface area contributed by atoms with Crippen molar-refractivity contribution in [1.29, 1.82) is 0 Å². The number of nitrogens with one attached hydrogen (secondary N) is 1. The second-order valence-corrected chi connectivity index (χ2v) is 12.3. The zero-order valence-electron chi connectivity index (χ0n) is 25.3. The van der Waals surface area contributed by atoms with E-state index in [2.05, 4.69) is 16.9 Å². The zero-order valence-corrected chi connectivity index (χ0v) is 25.3. The number of alkyl carbamates (subject to hydrolysis) is 1. The summed E-state index contributed by atoms with van der Waals surface area (Å²) in [4.78, 5) is 45.7. The molecule has 228 valence electrons. The minimum Gasteiger partial charge on any atom is -0.483 e. The van der Waals surface area contributed by atoms with Gasteiger partial charge in [-0.2, -0.15) is 0 Å². The number of halogens is 1. The number of allylic oxidation sites excluding steroid dienone is 1. The summed E-state index contributed by atoms with van der Waals surface area (Å²) in [5.41, 5.74) is 0.107. The van der Waals surface area contributed by atoms with Gasteiger partial charge in [0, 0.05) is 17.4 Å². The summed E-state index contributed by atoms with van der Waals surface area (Å²) in [6.45, 7) is 10.9. The summed E-state index contributed by atoms with van der Waals surface area (Å²) in [6, 6.07) is 3.08. The van der Waals surface area contributed by atoms with Gasteiger partial charge in [-0.25, -0.2) is 19.0 Å². The maximum Gasteiger partial charge on any atom is 0.408 e. The van der Waals surface area contributed by atoms with Gasteiger partial charge in [0.1, 0.15) is 40.4 Å². The van der Waals surface area contributed by atoms with Crippen LogP contribution in [0.1, 0.15) is 77.0 Å². The fraction of sp³-hybridized carbons (Fsp3) is 0.562. The predicted octanol–water partition coefficient (Wildman–Crippen LogP) is 5.55. The number of nitrogens with zero attached hydrogens (tertiary/aromatic N) is 2. The number of rotatable bonds is 9. The van der Waals surface area contributed by atoms with Crippen LogP contribution in [0, 0.1) is 12.7 Å². The number of hydrogen-bond acceptors (Lipinski definition) is 7. The smallest absolute Gasteiger partial charge is 0.408 e. The molecular formula is C32H42FN3O6. The number of ether oxygens (including phenoxy) is 3. The first-order chi connectivity index (χ1) is 19.9. The maximum absolute atomic E-state index is 14.5. The normalized spacial score (nSPS) is 20.5. The first-order valence-electron chi connectivity index (χ1n) is 14.6. The van der Waals surface area contributed by atoms with E-state index in [1.54, 1.807) is 33.8 Å². The van der Waals surface area contributed by atoms with Gasteiger partial charge in [-0.3, -0.25) is 4.79 Å². The Hall–Kier alpha value is -3.69. The van der Waals surface area contributed by atoms with Gasteiger partial charge >= 0.3 is 12.1 Å². The molecule has 1 saturated heterocycles. The van der Waals surface area contributed by atoms with E-state index in [0.29, 0.717) is 48.0 Å². The van der Waals surface area contributed by atoms with Crippen LogP contribution in [0.15, 0.2) is 30.9 Å². The molecule has 2 amide bonds. The number of pyridine rings is 1. The summed E-state index contributed by atoms with van der Waals surface area (Å²) in [6.07, 6.45) is 6.19. The molecule has 2 aliphatic rings. The topological polar surface area (TPSA) is 107 Å². The van der Waals surface area contributed by atoms with E-state index < -0.39 is 41.2 Å². The molecule has 1 aromatic carbocycles. The molecule has 1 fully saturated rings. The summed E-state index contributed by atoms with van der Waals surface area (Å²) >= 11 is 0. The van der Waals surface area contributed by atoms with Gasteiger partial charge in [-0.15, -0.1) is 6.58 Å². The number of carbonyl (C=O) groups is 3.